The average Bonchev–Trinajstić information content (AvgIpc) is 2.64. The number of phenols is 1. The van der Waals surface area contributed by atoms with Gasteiger partial charge in [-0.15, -0.1) is 0 Å². The molecule has 0 amide bonds. The summed E-state index contributed by atoms with van der Waals surface area (Å²) in [6.45, 7) is 0.903. The molecule has 1 N–H and O–H groups in total. The van der Waals surface area contributed by atoms with Crippen LogP contribution in [0.2, 0.25) is 0 Å². The maximum atomic E-state index is 13.6. The molecular weight excluding hydrogens is 334 g/mol. The summed E-state index contributed by atoms with van der Waals surface area (Å²) in [5.74, 6) is 1.87. The molecule has 2 aliphatic rings. The lowest BCUT2D eigenvalue weighted by atomic mass is 9.83. The number of ether oxygens (including phenoxy) is 3. The fraction of sp³-hybridized carbons (Fsp3) is 0.400. The number of aromatic hydroxyl groups is 1. The quantitative estimate of drug-likeness (QED) is 0.675. The van der Waals surface area contributed by atoms with Crippen LogP contribution in [0, 0.1) is 5.21 Å². The van der Waals surface area contributed by atoms with Crippen LogP contribution in [-0.2, 0) is 19.4 Å². The molecule has 2 heterocycles. The maximum absolute atomic E-state index is 13.6. The van der Waals surface area contributed by atoms with Crippen LogP contribution in [0.25, 0.3) is 0 Å². The third kappa shape index (κ3) is 2.48. The Kier molecular flexibility index (Phi) is 3.97. The summed E-state index contributed by atoms with van der Waals surface area (Å²) >= 11 is 0. The van der Waals surface area contributed by atoms with Gasteiger partial charge in [0.1, 0.15) is 12.6 Å². The molecule has 138 valence electrons. The van der Waals surface area contributed by atoms with Gasteiger partial charge in [0.05, 0.1) is 27.9 Å². The van der Waals surface area contributed by atoms with Gasteiger partial charge in [0.2, 0.25) is 0 Å². The SMILES string of the molecule is COc1cc2c(cc1O)CC[N@+]1([O-])Cc3cc(OC)c(OC)cc3C[C@@H]21. The van der Waals surface area contributed by atoms with E-state index in [4.69, 9.17) is 14.2 Å². The molecule has 0 saturated carbocycles. The topological polar surface area (TPSA) is 71.0 Å². The van der Waals surface area contributed by atoms with Crippen molar-refractivity contribution in [2.45, 2.75) is 25.4 Å². The third-order valence-corrected chi connectivity index (χ3v) is 5.68. The van der Waals surface area contributed by atoms with Crippen molar-refractivity contribution in [2.75, 3.05) is 27.9 Å². The van der Waals surface area contributed by atoms with E-state index in [1.165, 1.54) is 7.11 Å². The summed E-state index contributed by atoms with van der Waals surface area (Å²) in [6, 6.07) is 7.25. The minimum absolute atomic E-state index is 0.125. The van der Waals surface area contributed by atoms with Gasteiger partial charge in [0, 0.05) is 24.0 Å². The van der Waals surface area contributed by atoms with Gasteiger partial charge in [-0.25, -0.2) is 0 Å². The fourth-order valence-electron chi connectivity index (χ4n) is 4.30. The van der Waals surface area contributed by atoms with Gasteiger partial charge >= 0.3 is 0 Å². The Bertz CT molecular complexity index is 866. The number of hydroxylamine groups is 3. The number of hydrogen-bond acceptors (Lipinski definition) is 5. The third-order valence-electron chi connectivity index (χ3n) is 5.68. The van der Waals surface area contributed by atoms with Crippen molar-refractivity contribution in [1.29, 1.82) is 0 Å². The van der Waals surface area contributed by atoms with Crippen LogP contribution in [-0.4, -0.2) is 37.6 Å². The summed E-state index contributed by atoms with van der Waals surface area (Å²) in [5, 5.41) is 23.7. The van der Waals surface area contributed by atoms with Crippen LogP contribution >= 0.6 is 0 Å². The van der Waals surface area contributed by atoms with Gasteiger partial charge in [-0.1, -0.05) is 0 Å². The molecule has 2 aliphatic heterocycles. The second-order valence-corrected chi connectivity index (χ2v) is 7.00. The molecule has 0 radical (unpaired) electrons. The lowest BCUT2D eigenvalue weighted by Crippen LogP contribution is -2.52. The Morgan fingerprint density at radius 1 is 0.923 bits per heavy atom. The number of methoxy groups -OCH3 is 3. The smallest absolute Gasteiger partial charge is 0.161 e. The van der Waals surface area contributed by atoms with Crippen LogP contribution in [0.5, 0.6) is 23.0 Å². The minimum Gasteiger partial charge on any atom is -0.632 e. The predicted molar refractivity (Wildman–Crippen MR) is 96.6 cm³/mol. The molecule has 4 rings (SSSR count). The van der Waals surface area contributed by atoms with Crippen LogP contribution in [0.1, 0.15) is 28.3 Å². The van der Waals surface area contributed by atoms with Crippen LogP contribution in [0.3, 0.4) is 0 Å². The number of nitrogens with zero attached hydrogens (tertiary/aromatic N) is 1. The molecule has 0 aromatic heterocycles. The Morgan fingerprint density at radius 3 is 2.23 bits per heavy atom. The number of benzene rings is 2. The maximum Gasteiger partial charge on any atom is 0.161 e. The van der Waals surface area contributed by atoms with Crippen LogP contribution in [0.4, 0.5) is 0 Å². The Morgan fingerprint density at radius 2 is 1.58 bits per heavy atom. The molecule has 2 atom stereocenters. The molecule has 0 unspecified atom stereocenters. The molecule has 0 aliphatic carbocycles. The standard InChI is InChI=1S/C20H23NO5/c1-24-18-10-15-12(7-17(18)22)4-5-21(23)11-14-9-20(26-3)19(25-2)8-13(14)6-16(15)21/h7-10,16,22H,4-6,11H2,1-3H3/t16-,21-/m0/s1. The molecule has 0 spiro atoms. The zero-order valence-corrected chi connectivity index (χ0v) is 15.2. The van der Waals surface area contributed by atoms with Gasteiger partial charge in [-0.3, -0.25) is 0 Å². The van der Waals surface area contributed by atoms with E-state index in [0.29, 0.717) is 43.2 Å². The van der Waals surface area contributed by atoms with Gasteiger partial charge in [0.25, 0.3) is 0 Å². The van der Waals surface area contributed by atoms with E-state index < -0.39 is 0 Å². The Labute approximate surface area is 152 Å². The molecule has 0 saturated heterocycles. The normalized spacial score (nSPS) is 23.5. The largest absolute Gasteiger partial charge is 0.632 e. The number of rotatable bonds is 3. The zero-order chi connectivity index (χ0) is 18.5. The minimum atomic E-state index is -0.288. The molecule has 0 bridgehead atoms. The highest BCUT2D eigenvalue weighted by Crippen LogP contribution is 2.47. The highest BCUT2D eigenvalue weighted by molar-refractivity contribution is 5.51. The lowest BCUT2D eigenvalue weighted by Gasteiger charge is -2.54. The van der Waals surface area contributed by atoms with Crippen molar-refractivity contribution in [3.8, 4) is 23.0 Å². The molecular formula is C20H23NO5. The second-order valence-electron chi connectivity index (χ2n) is 7.00. The number of hydrogen-bond donors (Lipinski definition) is 1. The van der Waals surface area contributed by atoms with Crippen molar-refractivity contribution in [3.05, 3.63) is 51.7 Å². The van der Waals surface area contributed by atoms with Crippen molar-refractivity contribution >= 4 is 0 Å². The first kappa shape index (κ1) is 17.0. The molecule has 6 nitrogen and oxygen atoms in total. The highest BCUT2D eigenvalue weighted by atomic mass is 16.5. The Hall–Kier alpha value is -2.44. The monoisotopic (exact) mass is 357 g/mol. The van der Waals surface area contributed by atoms with E-state index in [1.54, 1.807) is 20.3 Å². The molecule has 6 heteroatoms. The first-order valence-electron chi connectivity index (χ1n) is 8.70. The highest BCUT2D eigenvalue weighted by Gasteiger charge is 2.41. The van der Waals surface area contributed by atoms with E-state index in [9.17, 15) is 10.3 Å². The summed E-state index contributed by atoms with van der Waals surface area (Å²) in [4.78, 5) is 0. The van der Waals surface area contributed by atoms with Crippen LogP contribution in [0.15, 0.2) is 24.3 Å². The van der Waals surface area contributed by atoms with Gasteiger partial charge in [0.15, 0.2) is 23.0 Å². The van der Waals surface area contributed by atoms with Crippen LogP contribution < -0.4 is 14.2 Å². The molecule has 0 fully saturated rings. The first-order valence-corrected chi connectivity index (χ1v) is 8.70. The molecule has 2 aromatic rings. The summed E-state index contributed by atoms with van der Waals surface area (Å²) in [7, 11) is 4.74. The number of phenolic OH excluding ortho intramolecular Hbond substituents is 1. The van der Waals surface area contributed by atoms with E-state index >= 15 is 0 Å². The van der Waals surface area contributed by atoms with Crippen molar-refractivity contribution in [2.24, 2.45) is 0 Å². The van der Waals surface area contributed by atoms with E-state index in [0.717, 1.165) is 22.3 Å². The lowest BCUT2D eigenvalue weighted by molar-refractivity contribution is -0.928. The van der Waals surface area contributed by atoms with E-state index in [1.807, 2.05) is 18.2 Å². The molecule has 2 aromatic carbocycles. The van der Waals surface area contributed by atoms with Gasteiger partial charge in [-0.2, -0.15) is 0 Å². The summed E-state index contributed by atoms with van der Waals surface area (Å²) in [6.07, 6.45) is 1.27. The number of quaternary nitrogens is 1. The molecule has 26 heavy (non-hydrogen) atoms. The van der Waals surface area contributed by atoms with Gasteiger partial charge < -0.3 is 29.2 Å². The van der Waals surface area contributed by atoms with Crippen molar-refractivity contribution < 1.29 is 24.0 Å². The van der Waals surface area contributed by atoms with E-state index in [-0.39, 0.29) is 16.4 Å². The number of fused-ring (bicyclic) bond motifs is 4. The fourth-order valence-corrected chi connectivity index (χ4v) is 4.30. The average molecular weight is 357 g/mol. The summed E-state index contributed by atoms with van der Waals surface area (Å²) < 4.78 is 15.8. The van der Waals surface area contributed by atoms with Crippen molar-refractivity contribution in [3.63, 3.8) is 0 Å². The predicted octanol–water partition coefficient (Wildman–Crippen LogP) is 3.09. The van der Waals surface area contributed by atoms with Gasteiger partial charge in [-0.05, 0) is 35.4 Å². The summed E-state index contributed by atoms with van der Waals surface area (Å²) in [5.41, 5.74) is 4.13. The second kappa shape index (κ2) is 6.07. The zero-order valence-electron chi connectivity index (χ0n) is 15.2. The first-order chi connectivity index (χ1) is 12.5. The van der Waals surface area contributed by atoms with Crippen molar-refractivity contribution in [1.82, 2.24) is 0 Å². The van der Waals surface area contributed by atoms with E-state index in [2.05, 4.69) is 0 Å². The Balaban J connectivity index is 1.81.